The Balaban J connectivity index is 2.18. The number of piperidine rings is 1. The van der Waals surface area contributed by atoms with Crippen LogP contribution >= 0.6 is 0 Å². The van der Waals surface area contributed by atoms with Gasteiger partial charge < -0.3 is 16.0 Å². The Morgan fingerprint density at radius 3 is 2.61 bits per heavy atom. The summed E-state index contributed by atoms with van der Waals surface area (Å²) in [4.78, 5) is 25.2. The summed E-state index contributed by atoms with van der Waals surface area (Å²) in [5, 5.41) is 2.68. The number of nitrogens with two attached hydrogens (primary N) is 1. The van der Waals surface area contributed by atoms with Crippen LogP contribution in [-0.4, -0.2) is 42.4 Å². The second-order valence-electron chi connectivity index (χ2n) is 4.61. The molecule has 0 radical (unpaired) electrons. The summed E-state index contributed by atoms with van der Waals surface area (Å²) in [7, 11) is 0. The fourth-order valence-corrected chi connectivity index (χ4v) is 2.01. The molecule has 1 atom stereocenters. The van der Waals surface area contributed by atoms with E-state index in [1.165, 1.54) is 6.42 Å². The molecule has 1 unspecified atom stereocenters. The Labute approximate surface area is 108 Å². The van der Waals surface area contributed by atoms with Crippen molar-refractivity contribution in [2.75, 3.05) is 19.6 Å². The van der Waals surface area contributed by atoms with E-state index in [9.17, 15) is 9.59 Å². The topological polar surface area (TPSA) is 75.4 Å². The zero-order valence-corrected chi connectivity index (χ0v) is 10.9. The van der Waals surface area contributed by atoms with Gasteiger partial charge in [0.1, 0.15) is 0 Å². The first-order valence-electron chi connectivity index (χ1n) is 6.57. The highest BCUT2D eigenvalue weighted by molar-refractivity contribution is 5.82. The predicted molar refractivity (Wildman–Crippen MR) is 70.8 cm³/mol. The molecular weight excluding hydrogens is 230 g/mol. The highest BCUT2D eigenvalue weighted by Gasteiger charge is 2.17. The van der Waals surface area contributed by atoms with Crippen molar-refractivity contribution in [1.29, 1.82) is 0 Å². The number of amides is 2. The van der Waals surface area contributed by atoms with Crippen LogP contribution in [0.15, 0.2) is 12.7 Å². The predicted octanol–water partition coefficient (Wildman–Crippen LogP) is 0.409. The molecule has 102 valence electrons. The number of carbonyl (C=O) groups is 2. The van der Waals surface area contributed by atoms with Crippen molar-refractivity contribution in [2.45, 2.75) is 38.1 Å². The number of likely N-dealkylation sites (tertiary alicyclic amines) is 1. The summed E-state index contributed by atoms with van der Waals surface area (Å²) in [6, 6.07) is -0.562. The molecule has 0 aromatic rings. The molecule has 1 aliphatic heterocycles. The summed E-state index contributed by atoms with van der Waals surface area (Å²) in [5.74, 6) is -0.103. The van der Waals surface area contributed by atoms with Gasteiger partial charge in [0.2, 0.25) is 11.8 Å². The van der Waals surface area contributed by atoms with E-state index in [0.717, 1.165) is 25.9 Å². The Morgan fingerprint density at radius 1 is 1.33 bits per heavy atom. The molecule has 18 heavy (non-hydrogen) atoms. The molecule has 2 amide bonds. The fraction of sp³-hybridized carbons (Fsp3) is 0.692. The van der Waals surface area contributed by atoms with Crippen molar-refractivity contribution in [2.24, 2.45) is 5.73 Å². The maximum absolute atomic E-state index is 11.8. The third-order valence-electron chi connectivity index (χ3n) is 3.10. The van der Waals surface area contributed by atoms with Gasteiger partial charge in [0, 0.05) is 26.1 Å². The van der Waals surface area contributed by atoms with Gasteiger partial charge in [-0.25, -0.2) is 0 Å². The van der Waals surface area contributed by atoms with Crippen molar-refractivity contribution >= 4 is 11.8 Å². The first-order valence-corrected chi connectivity index (χ1v) is 6.57. The van der Waals surface area contributed by atoms with Crippen molar-refractivity contribution in [3.05, 3.63) is 12.7 Å². The van der Waals surface area contributed by atoms with Crippen LogP contribution in [0.2, 0.25) is 0 Å². The quantitative estimate of drug-likeness (QED) is 0.673. The molecular formula is C13H23N3O2. The van der Waals surface area contributed by atoms with Gasteiger partial charge in [0.15, 0.2) is 0 Å². The fourth-order valence-electron chi connectivity index (χ4n) is 2.01. The lowest BCUT2D eigenvalue weighted by atomic mass is 10.1. The van der Waals surface area contributed by atoms with E-state index < -0.39 is 6.04 Å². The average molecular weight is 253 g/mol. The minimum Gasteiger partial charge on any atom is -0.354 e. The van der Waals surface area contributed by atoms with Crippen molar-refractivity contribution < 1.29 is 9.59 Å². The largest absolute Gasteiger partial charge is 0.354 e. The lowest BCUT2D eigenvalue weighted by Crippen LogP contribution is -2.42. The zero-order chi connectivity index (χ0) is 13.4. The molecule has 1 saturated heterocycles. The van der Waals surface area contributed by atoms with E-state index in [1.807, 2.05) is 4.90 Å². The highest BCUT2D eigenvalue weighted by atomic mass is 16.2. The molecule has 1 heterocycles. The van der Waals surface area contributed by atoms with E-state index in [0.29, 0.717) is 19.4 Å². The Hall–Kier alpha value is -1.36. The Kier molecular flexibility index (Phi) is 6.43. The number of carbonyl (C=O) groups excluding carboxylic acids is 2. The number of nitrogens with one attached hydrogen (secondary N) is 1. The zero-order valence-electron chi connectivity index (χ0n) is 10.9. The second-order valence-corrected chi connectivity index (χ2v) is 4.61. The van der Waals surface area contributed by atoms with Crippen LogP contribution in [0.4, 0.5) is 0 Å². The minimum absolute atomic E-state index is 0.118. The van der Waals surface area contributed by atoms with E-state index in [-0.39, 0.29) is 11.8 Å². The molecule has 1 fully saturated rings. The highest BCUT2D eigenvalue weighted by Crippen LogP contribution is 2.09. The van der Waals surface area contributed by atoms with Crippen LogP contribution < -0.4 is 11.1 Å². The molecule has 1 aliphatic rings. The van der Waals surface area contributed by atoms with Gasteiger partial charge >= 0.3 is 0 Å². The summed E-state index contributed by atoms with van der Waals surface area (Å²) in [6.07, 6.45) is 5.79. The summed E-state index contributed by atoms with van der Waals surface area (Å²) < 4.78 is 0. The summed E-state index contributed by atoms with van der Waals surface area (Å²) >= 11 is 0. The number of hydrogen-bond acceptors (Lipinski definition) is 3. The average Bonchev–Trinajstić information content (AvgIpc) is 2.39. The Morgan fingerprint density at radius 2 is 2.00 bits per heavy atom. The first-order chi connectivity index (χ1) is 8.65. The summed E-state index contributed by atoms with van der Waals surface area (Å²) in [6.45, 7) is 5.59. The normalized spacial score (nSPS) is 17.1. The van der Waals surface area contributed by atoms with Crippen molar-refractivity contribution in [1.82, 2.24) is 10.2 Å². The van der Waals surface area contributed by atoms with Gasteiger partial charge in [-0.3, -0.25) is 9.59 Å². The summed E-state index contributed by atoms with van der Waals surface area (Å²) in [5.41, 5.74) is 5.61. The van der Waals surface area contributed by atoms with Gasteiger partial charge in [-0.1, -0.05) is 6.08 Å². The molecule has 0 aromatic carbocycles. The van der Waals surface area contributed by atoms with E-state index in [4.69, 9.17) is 5.73 Å². The standard InChI is InChI=1S/C13H23N3O2/c1-2-6-11(14)13(18)15-8-7-12(17)16-9-4-3-5-10-16/h2,11H,1,3-10,14H2,(H,15,18). The van der Waals surface area contributed by atoms with Crippen molar-refractivity contribution in [3.8, 4) is 0 Å². The van der Waals surface area contributed by atoms with Gasteiger partial charge in [-0.15, -0.1) is 6.58 Å². The van der Waals surface area contributed by atoms with Gasteiger partial charge in [-0.2, -0.15) is 0 Å². The van der Waals surface area contributed by atoms with Crippen LogP contribution in [0.3, 0.4) is 0 Å². The molecule has 1 rings (SSSR count). The molecule has 0 saturated carbocycles. The minimum atomic E-state index is -0.562. The molecule has 0 spiro atoms. The smallest absolute Gasteiger partial charge is 0.237 e. The molecule has 0 aliphatic carbocycles. The number of nitrogens with zero attached hydrogens (tertiary/aromatic N) is 1. The van der Waals surface area contributed by atoms with Crippen LogP contribution in [-0.2, 0) is 9.59 Å². The number of rotatable bonds is 6. The first kappa shape index (κ1) is 14.7. The Bertz CT molecular complexity index is 299. The lowest BCUT2D eigenvalue weighted by Gasteiger charge is -2.26. The van der Waals surface area contributed by atoms with Crippen LogP contribution in [0.1, 0.15) is 32.1 Å². The molecule has 0 bridgehead atoms. The van der Waals surface area contributed by atoms with Crippen molar-refractivity contribution in [3.63, 3.8) is 0 Å². The maximum Gasteiger partial charge on any atom is 0.237 e. The van der Waals surface area contributed by atoms with E-state index in [2.05, 4.69) is 11.9 Å². The molecule has 0 aromatic heterocycles. The van der Waals surface area contributed by atoms with Crippen LogP contribution in [0.5, 0.6) is 0 Å². The van der Waals surface area contributed by atoms with E-state index >= 15 is 0 Å². The van der Waals surface area contributed by atoms with Crippen LogP contribution in [0.25, 0.3) is 0 Å². The molecule has 5 nitrogen and oxygen atoms in total. The van der Waals surface area contributed by atoms with Crippen LogP contribution in [0, 0.1) is 0 Å². The maximum atomic E-state index is 11.8. The third kappa shape index (κ3) is 4.87. The van der Waals surface area contributed by atoms with Gasteiger partial charge in [0.25, 0.3) is 0 Å². The molecule has 3 N–H and O–H groups in total. The second kappa shape index (κ2) is 7.87. The SMILES string of the molecule is C=CCC(N)C(=O)NCCC(=O)N1CCCCC1. The van der Waals surface area contributed by atoms with E-state index in [1.54, 1.807) is 6.08 Å². The lowest BCUT2D eigenvalue weighted by molar-refractivity contribution is -0.132. The number of hydrogen-bond donors (Lipinski definition) is 2. The third-order valence-corrected chi connectivity index (χ3v) is 3.10. The monoisotopic (exact) mass is 253 g/mol. The van der Waals surface area contributed by atoms with Gasteiger partial charge in [-0.05, 0) is 25.7 Å². The van der Waals surface area contributed by atoms with Gasteiger partial charge in [0.05, 0.1) is 6.04 Å². The molecule has 5 heteroatoms.